The minimum atomic E-state index is -4.72. The van der Waals surface area contributed by atoms with Crippen LogP contribution in [0.15, 0.2) is 77.8 Å². The number of nitrogens with one attached hydrogen (secondary N) is 4. The molecule has 1 amide bonds. The molecule has 0 bridgehead atoms. The van der Waals surface area contributed by atoms with Gasteiger partial charge >= 0.3 is 0 Å². The fourth-order valence-electron chi connectivity index (χ4n) is 11.9. The number of aromatic nitrogens is 2. The second-order valence-electron chi connectivity index (χ2n) is 21.4. The molecule has 378 valence electrons. The Morgan fingerprint density at radius 3 is 2.49 bits per heavy atom. The molecule has 0 unspecified atom stereocenters. The zero-order chi connectivity index (χ0) is 49.8. The molecule has 2 aliphatic carbocycles. The number of fused-ring (bicyclic) bond motifs is 2. The van der Waals surface area contributed by atoms with Gasteiger partial charge in [0.2, 0.25) is 0 Å². The SMILES string of the molecule is CC(C)c1ccccc1[C@H]1CCCN1C1CC2(CCN(c3ccc(C(=O)NS(=O)(=O)c4cc5c(c([N+](=O)[O-])c4)N[C@@H](C4CCC(C)(O)CC4)CO5)c(Oc4cc5cc[nH]c5nc4NC[C@H](C)O)c3)CC2)C1. The van der Waals surface area contributed by atoms with E-state index in [1.807, 2.05) is 6.07 Å². The predicted octanol–water partition coefficient (Wildman–Crippen LogP) is 9.00. The topological polar surface area (TPSA) is 225 Å². The summed E-state index contributed by atoms with van der Waals surface area (Å²) in [6, 6.07) is 20.5. The van der Waals surface area contributed by atoms with Crippen LogP contribution in [0.1, 0.15) is 125 Å². The highest BCUT2D eigenvalue weighted by molar-refractivity contribution is 7.90. The molecule has 17 nitrogen and oxygen atoms in total. The van der Waals surface area contributed by atoms with Crippen LogP contribution in [0.2, 0.25) is 0 Å². The number of hydrogen-bond acceptors (Lipinski definition) is 14. The monoisotopic (exact) mass is 990 g/mol. The van der Waals surface area contributed by atoms with Crippen molar-refractivity contribution in [2.24, 2.45) is 11.3 Å². The Morgan fingerprint density at radius 2 is 1.76 bits per heavy atom. The zero-order valence-electron chi connectivity index (χ0n) is 40.9. The van der Waals surface area contributed by atoms with Crippen molar-refractivity contribution in [3.63, 3.8) is 0 Å². The number of likely N-dealkylation sites (tertiary alicyclic amines) is 1. The summed E-state index contributed by atoms with van der Waals surface area (Å²) in [5.41, 5.74) is 3.27. The van der Waals surface area contributed by atoms with Crippen molar-refractivity contribution in [3.8, 4) is 17.2 Å². The largest absolute Gasteiger partial charge is 0.489 e. The molecule has 5 aliphatic rings. The Morgan fingerprint density at radius 1 is 1.00 bits per heavy atom. The fraction of sp³-hybridized carbons (Fsp3) is 0.509. The zero-order valence-corrected chi connectivity index (χ0v) is 41.8. The molecule has 18 heteroatoms. The minimum absolute atomic E-state index is 0.0160. The lowest BCUT2D eigenvalue weighted by Crippen LogP contribution is -2.54. The highest BCUT2D eigenvalue weighted by atomic mass is 32.2. The molecule has 0 radical (unpaired) electrons. The Hall–Kier alpha value is -5.95. The molecule has 4 fully saturated rings. The second-order valence-corrected chi connectivity index (χ2v) is 23.1. The quantitative estimate of drug-likeness (QED) is 0.0451. The Kier molecular flexibility index (Phi) is 13.2. The Bertz CT molecular complexity index is 2910. The van der Waals surface area contributed by atoms with Crippen LogP contribution in [0.4, 0.5) is 22.9 Å². The van der Waals surface area contributed by atoms with Crippen LogP contribution in [0.3, 0.4) is 0 Å². The highest BCUT2D eigenvalue weighted by Gasteiger charge is 2.50. The number of H-pyrrole nitrogens is 1. The van der Waals surface area contributed by atoms with Gasteiger partial charge in [0.1, 0.15) is 18.0 Å². The van der Waals surface area contributed by atoms with E-state index in [1.54, 1.807) is 44.3 Å². The lowest BCUT2D eigenvalue weighted by Gasteiger charge is -2.56. The predicted molar refractivity (Wildman–Crippen MR) is 272 cm³/mol. The van der Waals surface area contributed by atoms with E-state index < -0.39 is 43.1 Å². The van der Waals surface area contributed by atoms with Crippen molar-refractivity contribution in [1.29, 1.82) is 0 Å². The summed E-state index contributed by atoms with van der Waals surface area (Å²) in [6.45, 7) is 11.0. The van der Waals surface area contributed by atoms with Crippen molar-refractivity contribution in [3.05, 3.63) is 99.7 Å². The maximum Gasteiger partial charge on any atom is 0.297 e. The number of benzene rings is 3. The number of piperidine rings is 1. The van der Waals surface area contributed by atoms with Crippen LogP contribution in [0.5, 0.6) is 17.2 Å². The molecule has 2 saturated heterocycles. The number of hydrogen-bond donors (Lipinski definition) is 6. The van der Waals surface area contributed by atoms with Gasteiger partial charge in [0, 0.05) is 67.2 Å². The summed E-state index contributed by atoms with van der Waals surface area (Å²) >= 11 is 0. The standard InChI is InChI=1S/C53H66N8O9S/c1-32(2)39-8-5-6-9-40(39)43-10-7-21-60(43)37-28-53(29-37)18-22-59(23-19-53)36-11-12-41(45(25-36)70-47-24-35-15-20-54-49(35)57-50(47)55-30-33(3)62)51(63)58-71(67,68)38-26-44(61(65)66)48-46(27-38)69-31-42(56-48)34-13-16-52(4,64)17-14-34/h5-6,8-9,11-12,15,20,24-27,32-34,37,42-43,56,62,64H,7,10,13-14,16-19,21-23,28-31H2,1-4H3,(H,58,63)(H2,54,55,57)/t33-,34?,42+,43+,52?/m0/s1. The number of sulfonamides is 1. The molecule has 10 rings (SSSR count). The van der Waals surface area contributed by atoms with Gasteiger partial charge in [-0.25, -0.2) is 18.1 Å². The maximum atomic E-state index is 14.4. The number of aromatic amines is 1. The number of aliphatic hydroxyl groups is 2. The van der Waals surface area contributed by atoms with Crippen molar-refractivity contribution in [2.45, 2.75) is 133 Å². The van der Waals surface area contributed by atoms with Crippen LogP contribution in [-0.4, -0.2) is 101 Å². The first-order valence-corrected chi connectivity index (χ1v) is 26.8. The lowest BCUT2D eigenvalue weighted by atomic mass is 9.59. The lowest BCUT2D eigenvalue weighted by molar-refractivity contribution is -0.384. The Balaban J connectivity index is 0.891. The molecule has 3 atom stereocenters. The number of ether oxygens (including phenoxy) is 2. The van der Waals surface area contributed by atoms with Crippen LogP contribution < -0.4 is 29.7 Å². The first-order valence-electron chi connectivity index (χ1n) is 25.3. The van der Waals surface area contributed by atoms with Gasteiger partial charge < -0.3 is 40.2 Å². The maximum absolute atomic E-state index is 14.4. The van der Waals surface area contributed by atoms with Gasteiger partial charge in [-0.2, -0.15) is 0 Å². The molecule has 1 spiro atoms. The number of pyridine rings is 1. The first kappa shape index (κ1) is 48.7. The van der Waals surface area contributed by atoms with Crippen LogP contribution in [-0.2, 0) is 10.0 Å². The van der Waals surface area contributed by atoms with Crippen LogP contribution in [0, 0.1) is 21.4 Å². The summed E-state index contributed by atoms with van der Waals surface area (Å²) < 4.78 is 43.0. The van der Waals surface area contributed by atoms with E-state index in [9.17, 15) is 33.5 Å². The van der Waals surface area contributed by atoms with Crippen molar-refractivity contribution in [1.82, 2.24) is 19.6 Å². The van der Waals surface area contributed by atoms with Gasteiger partial charge in [-0.1, -0.05) is 38.1 Å². The fourth-order valence-corrected chi connectivity index (χ4v) is 12.9. The van der Waals surface area contributed by atoms with E-state index in [0.29, 0.717) is 55.1 Å². The number of anilines is 3. The molecular formula is C53H66N8O9S. The van der Waals surface area contributed by atoms with Gasteiger partial charge in [-0.05, 0) is 137 Å². The smallest absolute Gasteiger partial charge is 0.297 e. The van der Waals surface area contributed by atoms with E-state index in [-0.39, 0.29) is 59.0 Å². The number of aliphatic hydroxyl groups excluding tert-OH is 1. The number of nitro benzene ring substituents is 1. The summed E-state index contributed by atoms with van der Waals surface area (Å²) in [7, 11) is -4.72. The van der Waals surface area contributed by atoms with Crippen LogP contribution in [0.25, 0.3) is 11.0 Å². The van der Waals surface area contributed by atoms with Gasteiger partial charge in [-0.3, -0.25) is 19.8 Å². The van der Waals surface area contributed by atoms with Crippen LogP contribution >= 0.6 is 0 Å². The number of amides is 1. The van der Waals surface area contributed by atoms with E-state index in [0.717, 1.165) is 49.6 Å². The molecule has 71 heavy (non-hydrogen) atoms. The summed E-state index contributed by atoms with van der Waals surface area (Å²) in [5.74, 6) is 0.145. The van der Waals surface area contributed by atoms with E-state index >= 15 is 0 Å². The molecule has 2 saturated carbocycles. The van der Waals surface area contributed by atoms with Crippen molar-refractivity contribution in [2.75, 3.05) is 48.3 Å². The average Bonchev–Trinajstić information content (AvgIpc) is 4.02. The molecular weight excluding hydrogens is 925 g/mol. The third kappa shape index (κ3) is 10.00. The second kappa shape index (κ2) is 19.2. The third-order valence-corrected chi connectivity index (χ3v) is 17.3. The number of nitro groups is 1. The molecule has 3 aliphatic heterocycles. The molecule has 2 aromatic heterocycles. The summed E-state index contributed by atoms with van der Waals surface area (Å²) in [5, 5.41) is 40.2. The van der Waals surface area contributed by atoms with Gasteiger partial charge in [0.05, 0.1) is 33.1 Å². The molecule has 5 aromatic rings. The average molecular weight is 991 g/mol. The Labute approximate surface area is 414 Å². The number of carbonyl (C=O) groups is 1. The van der Waals surface area contributed by atoms with E-state index in [1.165, 1.54) is 42.9 Å². The van der Waals surface area contributed by atoms with Gasteiger partial charge in [0.15, 0.2) is 23.0 Å². The van der Waals surface area contributed by atoms with E-state index in [4.69, 9.17) is 9.47 Å². The van der Waals surface area contributed by atoms with E-state index in [2.05, 4.69) is 73.2 Å². The summed E-state index contributed by atoms with van der Waals surface area (Å²) in [4.78, 5) is 38.5. The van der Waals surface area contributed by atoms with Gasteiger partial charge in [-0.15, -0.1) is 0 Å². The molecule has 3 aromatic carbocycles. The highest BCUT2D eigenvalue weighted by Crippen LogP contribution is 2.54. The number of nitrogens with zero attached hydrogens (tertiary/aromatic N) is 4. The first-order chi connectivity index (χ1) is 33.9. The number of carbonyl (C=O) groups excluding carboxylic acids is 1. The van der Waals surface area contributed by atoms with Gasteiger partial charge in [0.25, 0.3) is 21.6 Å². The number of rotatable bonds is 14. The van der Waals surface area contributed by atoms with Crippen molar-refractivity contribution < 1.29 is 37.8 Å². The van der Waals surface area contributed by atoms with Crippen molar-refractivity contribution >= 4 is 49.8 Å². The third-order valence-electron chi connectivity index (χ3n) is 16.0. The normalized spacial score (nSPS) is 23.9. The molecule has 5 heterocycles. The minimum Gasteiger partial charge on any atom is -0.489 e. The molecule has 6 N–H and O–H groups in total. The summed E-state index contributed by atoms with van der Waals surface area (Å²) in [6.07, 6.45) is 10.4.